The summed E-state index contributed by atoms with van der Waals surface area (Å²) in [7, 11) is -8.10. The lowest BCUT2D eigenvalue weighted by Crippen LogP contribution is -2.35. The van der Waals surface area contributed by atoms with Gasteiger partial charge in [0.25, 0.3) is 5.91 Å². The monoisotopic (exact) mass is 429 g/mol. The van der Waals surface area contributed by atoms with E-state index in [9.17, 15) is 30.4 Å². The summed E-state index contributed by atoms with van der Waals surface area (Å²) in [5, 5.41) is 0. The Hall–Kier alpha value is -2.33. The summed E-state index contributed by atoms with van der Waals surface area (Å²) in [6.45, 7) is 0.404. The summed E-state index contributed by atoms with van der Waals surface area (Å²) >= 11 is 0. The van der Waals surface area contributed by atoms with Gasteiger partial charge in [-0.25, -0.2) is 16.8 Å². The molecule has 1 heterocycles. The third kappa shape index (κ3) is 3.79. The number of sulfone groups is 2. The molecule has 0 aliphatic carbocycles. The topological polar surface area (TPSA) is 88.6 Å². The number of alkyl halides is 2. The summed E-state index contributed by atoms with van der Waals surface area (Å²) in [6, 6.07) is 8.88. The SMILES string of the molecule is CS(=O)(=O)c1ccc2c(c1)CCCN2C(=O)c1ccc(S(=O)(=O)C(F)F)cc1. The largest absolute Gasteiger partial charge is 0.341 e. The van der Waals surface area contributed by atoms with Gasteiger partial charge in [-0.05, 0) is 60.9 Å². The zero-order chi connectivity index (χ0) is 20.7. The van der Waals surface area contributed by atoms with Crippen LogP contribution in [0.15, 0.2) is 52.3 Å². The smallest absolute Gasteiger partial charge is 0.308 e. The predicted octanol–water partition coefficient (Wildman–Crippen LogP) is 2.68. The molecule has 0 N–H and O–H groups in total. The van der Waals surface area contributed by atoms with Crippen LogP contribution >= 0.6 is 0 Å². The van der Waals surface area contributed by atoms with Gasteiger partial charge in [-0.3, -0.25) is 4.79 Å². The highest BCUT2D eigenvalue weighted by atomic mass is 32.2. The molecule has 0 atom stereocenters. The van der Waals surface area contributed by atoms with E-state index in [0.29, 0.717) is 25.1 Å². The van der Waals surface area contributed by atoms with Gasteiger partial charge in [0.1, 0.15) is 0 Å². The molecule has 0 unspecified atom stereocenters. The number of rotatable bonds is 4. The number of fused-ring (bicyclic) bond motifs is 1. The van der Waals surface area contributed by atoms with E-state index >= 15 is 0 Å². The first-order chi connectivity index (χ1) is 13.0. The number of amides is 1. The number of anilines is 1. The molecule has 0 bridgehead atoms. The van der Waals surface area contributed by atoms with Crippen molar-refractivity contribution >= 4 is 31.3 Å². The molecule has 1 aliphatic rings. The van der Waals surface area contributed by atoms with Gasteiger partial charge in [-0.1, -0.05) is 0 Å². The Balaban J connectivity index is 1.93. The Morgan fingerprint density at radius 2 is 1.61 bits per heavy atom. The van der Waals surface area contributed by atoms with Crippen molar-refractivity contribution in [3.05, 3.63) is 53.6 Å². The summed E-state index contributed by atoms with van der Waals surface area (Å²) in [5.41, 5.74) is 1.45. The fourth-order valence-electron chi connectivity index (χ4n) is 3.06. The first kappa shape index (κ1) is 20.4. The van der Waals surface area contributed by atoms with E-state index in [-0.39, 0.29) is 10.5 Å². The molecule has 0 fully saturated rings. The molecule has 0 spiro atoms. The fourth-order valence-corrected chi connectivity index (χ4v) is 4.45. The average Bonchev–Trinajstić information content (AvgIpc) is 2.65. The van der Waals surface area contributed by atoms with Gasteiger partial charge < -0.3 is 4.90 Å². The molecule has 28 heavy (non-hydrogen) atoms. The van der Waals surface area contributed by atoms with Gasteiger partial charge in [0.2, 0.25) is 9.84 Å². The fraction of sp³-hybridized carbons (Fsp3) is 0.278. The number of hydrogen-bond acceptors (Lipinski definition) is 5. The second kappa shape index (κ2) is 7.25. The number of hydrogen-bond donors (Lipinski definition) is 0. The van der Waals surface area contributed by atoms with Crippen LogP contribution in [-0.4, -0.2) is 41.3 Å². The van der Waals surface area contributed by atoms with Crippen LogP contribution in [0.25, 0.3) is 0 Å². The lowest BCUT2D eigenvalue weighted by molar-refractivity contribution is 0.0985. The van der Waals surface area contributed by atoms with Crippen molar-refractivity contribution in [3.63, 3.8) is 0 Å². The molecule has 2 aromatic rings. The molecule has 6 nitrogen and oxygen atoms in total. The van der Waals surface area contributed by atoms with Crippen LogP contribution in [0.1, 0.15) is 22.3 Å². The van der Waals surface area contributed by atoms with Crippen LogP contribution < -0.4 is 4.90 Å². The van der Waals surface area contributed by atoms with Crippen molar-refractivity contribution in [3.8, 4) is 0 Å². The number of carbonyl (C=O) groups excluding carboxylic acids is 1. The Bertz CT molecular complexity index is 1130. The van der Waals surface area contributed by atoms with E-state index in [4.69, 9.17) is 0 Å². The quantitative estimate of drug-likeness (QED) is 0.746. The summed E-state index contributed by atoms with van der Waals surface area (Å²) in [6.07, 6.45) is 2.35. The van der Waals surface area contributed by atoms with Gasteiger partial charge >= 0.3 is 5.76 Å². The summed E-state index contributed by atoms with van der Waals surface area (Å²) in [4.78, 5) is 13.9. The van der Waals surface area contributed by atoms with Gasteiger partial charge in [-0.2, -0.15) is 8.78 Å². The van der Waals surface area contributed by atoms with E-state index in [1.54, 1.807) is 12.1 Å². The molecular formula is C18H17F2NO5S2. The van der Waals surface area contributed by atoms with Gasteiger partial charge in [0.05, 0.1) is 9.79 Å². The molecule has 1 aliphatic heterocycles. The van der Waals surface area contributed by atoms with Crippen molar-refractivity contribution in [2.24, 2.45) is 0 Å². The molecule has 0 aromatic heterocycles. The maximum atomic E-state index is 12.8. The molecule has 1 amide bonds. The van der Waals surface area contributed by atoms with Crippen molar-refractivity contribution in [1.82, 2.24) is 0 Å². The highest BCUT2D eigenvalue weighted by Gasteiger charge is 2.28. The minimum atomic E-state index is -4.73. The van der Waals surface area contributed by atoms with Gasteiger partial charge in [0, 0.05) is 24.1 Å². The van der Waals surface area contributed by atoms with E-state index in [1.165, 1.54) is 23.1 Å². The highest BCUT2D eigenvalue weighted by molar-refractivity contribution is 7.91. The predicted molar refractivity (Wildman–Crippen MR) is 99.2 cm³/mol. The summed E-state index contributed by atoms with van der Waals surface area (Å²) < 4.78 is 71.7. The Kier molecular flexibility index (Phi) is 5.28. The minimum absolute atomic E-state index is 0.147. The van der Waals surface area contributed by atoms with Crippen molar-refractivity contribution in [2.75, 3.05) is 17.7 Å². The lowest BCUT2D eigenvalue weighted by Gasteiger charge is -2.30. The normalized spacial score (nSPS) is 14.8. The molecule has 10 heteroatoms. The molecule has 0 saturated carbocycles. The molecule has 3 rings (SSSR count). The third-order valence-corrected chi connectivity index (χ3v) is 7.02. The van der Waals surface area contributed by atoms with Crippen LogP contribution in [0, 0.1) is 0 Å². The van der Waals surface area contributed by atoms with Crippen molar-refractivity contribution < 1.29 is 30.4 Å². The van der Waals surface area contributed by atoms with Crippen LogP contribution in [-0.2, 0) is 26.1 Å². The van der Waals surface area contributed by atoms with E-state index in [0.717, 1.165) is 24.0 Å². The number of halogens is 2. The van der Waals surface area contributed by atoms with Gasteiger partial charge in [0.15, 0.2) is 9.84 Å². The zero-order valence-corrected chi connectivity index (χ0v) is 16.4. The maximum Gasteiger partial charge on any atom is 0.341 e. The second-order valence-electron chi connectivity index (χ2n) is 6.45. The maximum absolute atomic E-state index is 12.8. The van der Waals surface area contributed by atoms with Crippen molar-refractivity contribution in [1.29, 1.82) is 0 Å². The Morgan fingerprint density at radius 3 is 2.18 bits per heavy atom. The molecule has 0 radical (unpaired) electrons. The highest BCUT2D eigenvalue weighted by Crippen LogP contribution is 2.31. The van der Waals surface area contributed by atoms with Crippen LogP contribution in [0.2, 0.25) is 0 Å². The standard InChI is InChI=1S/C18H17F2NO5S2/c1-27(23,24)15-8-9-16-13(11-15)3-2-10-21(16)17(22)12-4-6-14(7-5-12)28(25,26)18(19)20/h4-9,11,18H,2-3,10H2,1H3. The Labute approximate surface area is 161 Å². The van der Waals surface area contributed by atoms with Crippen LogP contribution in [0.3, 0.4) is 0 Å². The molecule has 0 saturated heterocycles. The second-order valence-corrected chi connectivity index (χ2v) is 10.4. The number of aryl methyl sites for hydroxylation is 1. The Morgan fingerprint density at radius 1 is 1.00 bits per heavy atom. The van der Waals surface area contributed by atoms with E-state index in [1.807, 2.05) is 0 Å². The van der Waals surface area contributed by atoms with Crippen LogP contribution in [0.4, 0.5) is 14.5 Å². The van der Waals surface area contributed by atoms with Gasteiger partial charge in [-0.15, -0.1) is 0 Å². The van der Waals surface area contributed by atoms with E-state index < -0.39 is 36.2 Å². The summed E-state index contributed by atoms with van der Waals surface area (Å²) in [5.74, 6) is -3.96. The first-order valence-corrected chi connectivity index (χ1v) is 11.7. The first-order valence-electron chi connectivity index (χ1n) is 8.29. The van der Waals surface area contributed by atoms with Crippen molar-refractivity contribution in [2.45, 2.75) is 28.4 Å². The minimum Gasteiger partial charge on any atom is -0.308 e. The molecule has 150 valence electrons. The molecule has 2 aromatic carbocycles. The van der Waals surface area contributed by atoms with E-state index in [2.05, 4.69) is 0 Å². The zero-order valence-electron chi connectivity index (χ0n) is 14.8. The lowest BCUT2D eigenvalue weighted by atomic mass is 10.0. The molecular weight excluding hydrogens is 412 g/mol. The third-order valence-electron chi connectivity index (χ3n) is 4.51. The average molecular weight is 429 g/mol. The number of nitrogens with zero attached hydrogens (tertiary/aromatic N) is 1. The number of carbonyl (C=O) groups is 1. The van der Waals surface area contributed by atoms with Crippen LogP contribution in [0.5, 0.6) is 0 Å². The number of benzene rings is 2.